The fourth-order valence-electron chi connectivity index (χ4n) is 10.7. The van der Waals surface area contributed by atoms with Gasteiger partial charge in [-0.15, -0.1) is 69.9 Å². The molecule has 4 heterocycles. The molecular weight excluding hydrogens is 875 g/mol. The largest absolute Gasteiger partial charge is 0.508 e. The van der Waals surface area contributed by atoms with Crippen molar-refractivity contribution in [1.29, 1.82) is 0 Å². The van der Waals surface area contributed by atoms with Gasteiger partial charge in [0.2, 0.25) is 0 Å². The number of aromatic nitrogens is 2. The van der Waals surface area contributed by atoms with Crippen LogP contribution in [0.25, 0.3) is 0 Å². The maximum atomic E-state index is 10.1. The Morgan fingerprint density at radius 3 is 1.75 bits per heavy atom. The van der Waals surface area contributed by atoms with E-state index >= 15 is 0 Å². The van der Waals surface area contributed by atoms with Crippen molar-refractivity contribution >= 4 is 83.4 Å². The van der Waals surface area contributed by atoms with E-state index in [-0.39, 0.29) is 14.0 Å². The van der Waals surface area contributed by atoms with Crippen LogP contribution < -0.4 is 16.2 Å². The van der Waals surface area contributed by atoms with Crippen LogP contribution in [-0.4, -0.2) is 74.4 Å². The van der Waals surface area contributed by atoms with Crippen LogP contribution in [-0.2, 0) is 49.4 Å². The van der Waals surface area contributed by atoms with Crippen LogP contribution in [0.1, 0.15) is 56.2 Å². The Bertz CT molecular complexity index is 1960. The first-order valence-electron chi connectivity index (χ1n) is 17.7. The highest BCUT2D eigenvalue weighted by Gasteiger charge is 2.56. The van der Waals surface area contributed by atoms with E-state index in [1.807, 2.05) is 12.1 Å². The summed E-state index contributed by atoms with van der Waals surface area (Å²) in [6.45, 7) is 2.28. The van der Waals surface area contributed by atoms with Crippen molar-refractivity contribution in [2.45, 2.75) is 74.3 Å². The Labute approximate surface area is 333 Å². The number of hydrogen-bond acceptors (Lipinski definition) is 10. The molecular formula is C37H44BBr3N6O2S2. The molecule has 0 spiro atoms. The van der Waals surface area contributed by atoms with Crippen LogP contribution >= 0.6 is 69.9 Å². The molecule has 0 radical (unpaired) electrons. The molecule has 14 heteroatoms. The number of hydrogen-bond donors (Lipinski definition) is 3. The maximum Gasteiger partial charge on any atom is 0.369 e. The van der Waals surface area contributed by atoms with Gasteiger partial charge in [0.05, 0.1) is 18.5 Å². The predicted octanol–water partition coefficient (Wildman–Crippen LogP) is 7.15. The molecule has 4 bridgehead atoms. The monoisotopic (exact) mass is 916 g/mol. The molecule has 8 nitrogen and oxygen atoms in total. The molecule has 2 saturated heterocycles. The second-order valence-electron chi connectivity index (χ2n) is 15.2. The number of fused-ring (bicyclic) bond motifs is 4. The van der Waals surface area contributed by atoms with Gasteiger partial charge in [-0.3, -0.25) is 0 Å². The highest BCUT2D eigenvalue weighted by atomic mass is 79.9. The molecule has 10 rings (SSSR count). The molecule has 2 aliphatic heterocycles. The SMILES string of the molecule is BrB(Br)Br.CN1CC[C@]23Cc4nc(N)sc4C[C@H]2C1Cc1ccc(O)cc13.COc1ccc2c(c1)[C@]13CCN(C)C(C2)[C@@H]1Cc1sc(N)nc1C3. The molecule has 2 fully saturated rings. The van der Waals surface area contributed by atoms with Crippen molar-refractivity contribution in [3.63, 3.8) is 0 Å². The molecule has 2 aromatic carbocycles. The summed E-state index contributed by atoms with van der Waals surface area (Å²) in [5, 5.41) is 11.5. The zero-order chi connectivity index (χ0) is 35.8. The van der Waals surface area contributed by atoms with Gasteiger partial charge in [-0.2, -0.15) is 0 Å². The molecule has 0 saturated carbocycles. The van der Waals surface area contributed by atoms with Crippen molar-refractivity contribution < 1.29 is 9.84 Å². The number of nitrogens with two attached hydrogens (primary N) is 2. The number of ether oxygens (including phenoxy) is 1. The lowest BCUT2D eigenvalue weighted by molar-refractivity contribution is 0.0243. The van der Waals surface area contributed by atoms with Gasteiger partial charge in [0.25, 0.3) is 0 Å². The molecule has 4 aromatic rings. The minimum absolute atomic E-state index is 0.122. The minimum Gasteiger partial charge on any atom is -0.508 e. The second kappa shape index (κ2) is 13.9. The van der Waals surface area contributed by atoms with E-state index in [0.29, 0.717) is 34.8 Å². The van der Waals surface area contributed by atoms with E-state index in [2.05, 4.69) is 105 Å². The van der Waals surface area contributed by atoms with Crippen molar-refractivity contribution in [2.24, 2.45) is 11.8 Å². The van der Waals surface area contributed by atoms with Crippen LogP contribution in [0.3, 0.4) is 0 Å². The number of methoxy groups -OCH3 is 1. The third kappa shape index (κ3) is 6.30. The number of aromatic hydroxyl groups is 1. The lowest BCUT2D eigenvalue weighted by atomic mass is 9.53. The van der Waals surface area contributed by atoms with Crippen molar-refractivity contribution in [3.05, 3.63) is 79.8 Å². The fourth-order valence-corrected chi connectivity index (χ4v) is 12.6. The quantitative estimate of drug-likeness (QED) is 0.173. The first-order chi connectivity index (χ1) is 24.4. The summed E-state index contributed by atoms with van der Waals surface area (Å²) in [4.78, 5) is 17.2. The average molecular weight is 919 g/mol. The topological polar surface area (TPSA) is 114 Å². The summed E-state index contributed by atoms with van der Waals surface area (Å²) in [6.07, 6.45) is 8.77. The minimum atomic E-state index is 0.122. The van der Waals surface area contributed by atoms with Crippen LogP contribution in [0.5, 0.6) is 11.5 Å². The van der Waals surface area contributed by atoms with E-state index in [9.17, 15) is 5.11 Å². The summed E-state index contributed by atoms with van der Waals surface area (Å²) < 4.78 is 5.82. The zero-order valence-corrected chi connectivity index (χ0v) is 35.6. The number of anilines is 2. The molecule has 0 amide bonds. The van der Waals surface area contributed by atoms with Gasteiger partial charge in [-0.1, -0.05) is 12.1 Å². The average Bonchev–Trinajstić information content (AvgIpc) is 3.64. The van der Waals surface area contributed by atoms with Crippen LogP contribution in [0.4, 0.5) is 10.3 Å². The Kier molecular flexibility index (Phi) is 9.88. The second-order valence-corrected chi connectivity index (χ2v) is 23.9. The van der Waals surface area contributed by atoms with Crippen LogP contribution in [0, 0.1) is 11.8 Å². The number of nitrogen functional groups attached to an aromatic ring is 2. The Morgan fingerprint density at radius 1 is 0.784 bits per heavy atom. The molecule has 6 aliphatic rings. The van der Waals surface area contributed by atoms with Gasteiger partial charge >= 0.3 is 3.18 Å². The first kappa shape index (κ1) is 36.3. The molecule has 6 atom stereocenters. The van der Waals surface area contributed by atoms with Crippen LogP contribution in [0.15, 0.2) is 36.4 Å². The van der Waals surface area contributed by atoms with E-state index in [0.717, 1.165) is 68.9 Å². The summed E-state index contributed by atoms with van der Waals surface area (Å²) in [6, 6.07) is 13.9. The summed E-state index contributed by atoms with van der Waals surface area (Å²) >= 11 is 12.7. The fraction of sp³-hybridized carbons (Fsp3) is 0.514. The van der Waals surface area contributed by atoms with Crippen LogP contribution in [0.2, 0.25) is 0 Å². The number of benzene rings is 2. The van der Waals surface area contributed by atoms with E-state index in [1.165, 1.54) is 49.8 Å². The highest BCUT2D eigenvalue weighted by molar-refractivity contribution is 9.69. The Balaban J connectivity index is 0.000000133. The van der Waals surface area contributed by atoms with E-state index in [1.54, 1.807) is 29.8 Å². The number of likely N-dealkylation sites (tertiary alicyclic amines) is 2. The third-order valence-corrected chi connectivity index (χ3v) is 14.9. The highest BCUT2D eigenvalue weighted by Crippen LogP contribution is 2.57. The normalized spacial score (nSPS) is 29.6. The van der Waals surface area contributed by atoms with Gasteiger partial charge in [0, 0.05) is 45.5 Å². The number of thiazole rings is 2. The summed E-state index contributed by atoms with van der Waals surface area (Å²) in [5.41, 5.74) is 20.5. The van der Waals surface area contributed by atoms with Gasteiger partial charge in [-0.05, 0) is 124 Å². The number of likely N-dealkylation sites (N-methyl/N-ethyl adjacent to an activating group) is 2. The number of nitrogens with zero attached hydrogens (tertiary/aromatic N) is 4. The lowest BCUT2D eigenvalue weighted by Gasteiger charge is -2.57. The Hall–Kier alpha value is -1.68. The molecule has 51 heavy (non-hydrogen) atoms. The van der Waals surface area contributed by atoms with Crippen molar-refractivity contribution in [2.75, 3.05) is 45.8 Å². The van der Waals surface area contributed by atoms with Gasteiger partial charge in [0.1, 0.15) is 11.5 Å². The Morgan fingerprint density at radius 2 is 1.25 bits per heavy atom. The van der Waals surface area contributed by atoms with E-state index < -0.39 is 0 Å². The standard InChI is InChI=1S/C19H23N3OS.C18H21N3OS.BBr3/c1-22-6-5-19-10-15-17(24-18(20)21-15)9-14(19)16(22)7-11-3-4-12(23-2)8-13(11)19;1-21-5-4-18-9-14-16(23-17(19)20-14)8-13(18)15(21)6-10-2-3-11(22)7-12(10)18;2-1(3)4/h3-4,8,14,16H,5-7,9-10H2,1-2H3,(H2,20,21);2-3,7,13,15,22H,4-6,8-9H2,1H3,(H2,19,20);/t14-,16?,19+;13-,15?,18+;/m00./s1. The molecule has 2 aromatic heterocycles. The maximum absolute atomic E-state index is 10.1. The van der Waals surface area contributed by atoms with Gasteiger partial charge < -0.3 is 31.1 Å². The van der Waals surface area contributed by atoms with Gasteiger partial charge in [-0.25, -0.2) is 9.97 Å². The molecule has 270 valence electrons. The lowest BCUT2D eigenvalue weighted by Crippen LogP contribution is -2.61. The van der Waals surface area contributed by atoms with Gasteiger partial charge in [0.15, 0.2) is 10.3 Å². The van der Waals surface area contributed by atoms with E-state index in [4.69, 9.17) is 16.2 Å². The number of piperidine rings is 2. The number of rotatable bonds is 1. The summed E-state index contributed by atoms with van der Waals surface area (Å²) in [5.74, 6) is 2.62. The smallest absolute Gasteiger partial charge is 0.369 e. The molecule has 2 unspecified atom stereocenters. The zero-order valence-electron chi connectivity index (χ0n) is 29.2. The first-order valence-corrected chi connectivity index (χ1v) is 22.1. The summed E-state index contributed by atoms with van der Waals surface area (Å²) in [7, 11) is 6.31. The number of phenolic OH excluding ortho intramolecular Hbond substituents is 1. The van der Waals surface area contributed by atoms with Crippen molar-refractivity contribution in [1.82, 2.24) is 19.8 Å². The number of halogens is 3. The molecule has 5 N–H and O–H groups in total. The predicted molar refractivity (Wildman–Crippen MR) is 221 cm³/mol. The third-order valence-electron chi connectivity index (χ3n) is 13.0. The van der Waals surface area contributed by atoms with Crippen molar-refractivity contribution in [3.8, 4) is 11.5 Å². The number of phenols is 1. The molecule has 4 aliphatic carbocycles.